The number of hydrogen-bond acceptors (Lipinski definition) is 4. The van der Waals surface area contributed by atoms with Crippen molar-refractivity contribution in [2.45, 2.75) is 25.7 Å². The fraction of sp³-hybridized carbons (Fsp3) is 0.583. The van der Waals surface area contributed by atoms with Crippen molar-refractivity contribution in [3.63, 3.8) is 0 Å². The molecule has 0 aromatic carbocycles. The number of carboxylic acids is 1. The third-order valence-corrected chi connectivity index (χ3v) is 2.88. The summed E-state index contributed by atoms with van der Waals surface area (Å²) >= 11 is 1.51. The van der Waals surface area contributed by atoms with Crippen LogP contribution in [0.25, 0.3) is 0 Å². The summed E-state index contributed by atoms with van der Waals surface area (Å²) in [6, 6.07) is -0.537. The topological polar surface area (TPSA) is 95.5 Å². The van der Waals surface area contributed by atoms with E-state index >= 15 is 0 Å². The molecule has 0 fully saturated rings. The van der Waals surface area contributed by atoms with Crippen LogP contribution in [0.15, 0.2) is 0 Å². The average molecular weight is 286 g/mol. The summed E-state index contributed by atoms with van der Waals surface area (Å²) < 4.78 is 0. The van der Waals surface area contributed by atoms with Crippen molar-refractivity contribution in [3.05, 3.63) is 0 Å². The molecule has 0 aromatic heterocycles. The monoisotopic (exact) mass is 286 g/mol. The Morgan fingerprint density at radius 2 is 1.89 bits per heavy atom. The van der Waals surface area contributed by atoms with Gasteiger partial charge in [-0.15, -0.1) is 18.2 Å². The lowest BCUT2D eigenvalue weighted by Gasteiger charge is -2.05. The zero-order chi connectivity index (χ0) is 14.5. The van der Waals surface area contributed by atoms with E-state index in [1.807, 2.05) is 0 Å². The summed E-state index contributed by atoms with van der Waals surface area (Å²) in [5.41, 5.74) is 0. The van der Waals surface area contributed by atoms with Gasteiger partial charge < -0.3 is 10.4 Å². The molecule has 0 aliphatic rings. The molecule has 0 rings (SSSR count). The molecule has 0 atom stereocenters. The number of aliphatic carboxylic acids is 1. The maximum absolute atomic E-state index is 11.3. The van der Waals surface area contributed by atoms with Gasteiger partial charge in [-0.05, 0) is 12.8 Å². The minimum absolute atomic E-state index is 0.0336. The van der Waals surface area contributed by atoms with Gasteiger partial charge in [0, 0.05) is 25.1 Å². The Morgan fingerprint density at radius 3 is 2.53 bits per heavy atom. The van der Waals surface area contributed by atoms with Gasteiger partial charge in [-0.2, -0.15) is 0 Å². The number of thioether (sulfide) groups is 1. The maximum atomic E-state index is 11.3. The van der Waals surface area contributed by atoms with Crippen LogP contribution in [0, 0.1) is 12.3 Å². The molecule has 0 aromatic rings. The van der Waals surface area contributed by atoms with Crippen LogP contribution in [-0.2, 0) is 9.59 Å². The van der Waals surface area contributed by atoms with E-state index < -0.39 is 17.9 Å². The Bertz CT molecular complexity index is 352. The van der Waals surface area contributed by atoms with E-state index in [9.17, 15) is 14.4 Å². The fourth-order valence-electron chi connectivity index (χ4n) is 1.16. The number of rotatable bonds is 9. The lowest BCUT2D eigenvalue weighted by atomic mass is 10.2. The first-order valence-electron chi connectivity index (χ1n) is 5.87. The van der Waals surface area contributed by atoms with Crippen LogP contribution >= 0.6 is 11.8 Å². The predicted octanol–water partition coefficient (Wildman–Crippen LogP) is 0.824. The maximum Gasteiger partial charge on any atom is 0.321 e. The van der Waals surface area contributed by atoms with Gasteiger partial charge >= 0.3 is 12.0 Å². The zero-order valence-electron chi connectivity index (χ0n) is 10.6. The Kier molecular flexibility index (Phi) is 10.4. The van der Waals surface area contributed by atoms with Crippen molar-refractivity contribution in [1.82, 2.24) is 10.6 Å². The summed E-state index contributed by atoms with van der Waals surface area (Å²) in [5.74, 6) is 2.45. The molecule has 0 bridgehead atoms. The highest BCUT2D eigenvalue weighted by molar-refractivity contribution is 7.99. The van der Waals surface area contributed by atoms with Gasteiger partial charge in [-0.1, -0.05) is 5.92 Å². The summed E-state index contributed by atoms with van der Waals surface area (Å²) in [6.07, 6.45) is 6.11. The highest BCUT2D eigenvalue weighted by Crippen LogP contribution is 1.99. The molecular weight excluding hydrogens is 268 g/mol. The smallest absolute Gasteiger partial charge is 0.321 e. The van der Waals surface area contributed by atoms with Crippen molar-refractivity contribution in [2.24, 2.45) is 0 Å². The number of unbranched alkanes of at least 4 members (excludes halogenated alkanes) is 1. The van der Waals surface area contributed by atoms with Crippen LogP contribution in [0.2, 0.25) is 0 Å². The molecule has 3 amide bonds. The highest BCUT2D eigenvalue weighted by atomic mass is 32.2. The van der Waals surface area contributed by atoms with Crippen molar-refractivity contribution < 1.29 is 19.5 Å². The van der Waals surface area contributed by atoms with E-state index in [2.05, 4.69) is 16.6 Å². The Morgan fingerprint density at radius 1 is 1.21 bits per heavy atom. The van der Waals surface area contributed by atoms with Gasteiger partial charge in [-0.25, -0.2) is 4.79 Å². The molecule has 3 N–H and O–H groups in total. The van der Waals surface area contributed by atoms with Gasteiger partial charge in [0.2, 0.25) is 5.91 Å². The second-order valence-corrected chi connectivity index (χ2v) is 4.77. The van der Waals surface area contributed by atoms with Crippen molar-refractivity contribution in [3.8, 4) is 12.3 Å². The zero-order valence-corrected chi connectivity index (χ0v) is 11.4. The minimum Gasteiger partial charge on any atom is -0.481 e. The summed E-state index contributed by atoms with van der Waals surface area (Å²) in [4.78, 5) is 32.8. The number of imide groups is 1. The second-order valence-electron chi connectivity index (χ2n) is 3.66. The van der Waals surface area contributed by atoms with E-state index in [0.29, 0.717) is 30.9 Å². The molecule has 0 heterocycles. The first-order valence-corrected chi connectivity index (χ1v) is 7.02. The third kappa shape index (κ3) is 12.6. The van der Waals surface area contributed by atoms with Crippen molar-refractivity contribution in [2.75, 3.05) is 18.1 Å². The number of carbonyl (C=O) groups is 3. The SMILES string of the molecule is C#CCSCCNC(=O)NC(=O)CCCCC(=O)O. The molecule has 0 unspecified atom stereocenters. The van der Waals surface area contributed by atoms with Gasteiger partial charge in [-0.3, -0.25) is 14.9 Å². The first kappa shape index (κ1) is 17.3. The predicted molar refractivity (Wildman–Crippen MR) is 73.8 cm³/mol. The summed E-state index contributed by atoms with van der Waals surface area (Å²) in [7, 11) is 0. The summed E-state index contributed by atoms with van der Waals surface area (Å²) in [5, 5.41) is 13.1. The lowest BCUT2D eigenvalue weighted by molar-refractivity contribution is -0.137. The van der Waals surface area contributed by atoms with E-state index in [1.165, 1.54) is 11.8 Å². The second kappa shape index (κ2) is 11.4. The first-order chi connectivity index (χ1) is 9.06. The van der Waals surface area contributed by atoms with E-state index in [-0.39, 0.29) is 12.8 Å². The Labute approximate surface area is 116 Å². The quantitative estimate of drug-likeness (QED) is 0.431. The lowest BCUT2D eigenvalue weighted by Crippen LogP contribution is -2.40. The molecule has 19 heavy (non-hydrogen) atoms. The molecule has 0 saturated carbocycles. The minimum atomic E-state index is -0.886. The Hall–Kier alpha value is -1.68. The van der Waals surface area contributed by atoms with Crippen LogP contribution in [0.3, 0.4) is 0 Å². The van der Waals surface area contributed by atoms with Gasteiger partial charge in [0.1, 0.15) is 0 Å². The molecule has 0 aliphatic carbocycles. The van der Waals surface area contributed by atoms with Crippen LogP contribution in [0.5, 0.6) is 0 Å². The number of hydrogen-bond donors (Lipinski definition) is 3. The van der Waals surface area contributed by atoms with Gasteiger partial charge in [0.05, 0.1) is 5.75 Å². The number of carbonyl (C=O) groups excluding carboxylic acids is 2. The number of urea groups is 1. The number of amides is 3. The van der Waals surface area contributed by atoms with E-state index in [4.69, 9.17) is 11.5 Å². The van der Waals surface area contributed by atoms with Gasteiger partial charge in [0.15, 0.2) is 0 Å². The van der Waals surface area contributed by atoms with Crippen LogP contribution < -0.4 is 10.6 Å². The Balaban J connectivity index is 3.50. The third-order valence-electron chi connectivity index (χ3n) is 2.01. The molecular formula is C12H18N2O4S. The molecule has 0 radical (unpaired) electrons. The average Bonchev–Trinajstić information content (AvgIpc) is 2.34. The fourth-order valence-corrected chi connectivity index (χ4v) is 1.67. The standard InChI is InChI=1S/C12H18N2O4S/c1-2-8-19-9-7-13-12(18)14-10(15)5-3-4-6-11(16)17/h1H,3-9H2,(H,16,17)(H2,13,14,15,18). The van der Waals surface area contributed by atoms with E-state index in [0.717, 1.165) is 0 Å². The molecule has 6 nitrogen and oxygen atoms in total. The van der Waals surface area contributed by atoms with Gasteiger partial charge in [0.25, 0.3) is 0 Å². The largest absolute Gasteiger partial charge is 0.481 e. The van der Waals surface area contributed by atoms with Crippen LogP contribution in [-0.4, -0.2) is 41.1 Å². The highest BCUT2D eigenvalue weighted by Gasteiger charge is 2.07. The molecule has 0 spiro atoms. The van der Waals surface area contributed by atoms with Crippen molar-refractivity contribution in [1.29, 1.82) is 0 Å². The molecule has 106 valence electrons. The number of nitrogens with one attached hydrogen (secondary N) is 2. The molecule has 0 saturated heterocycles. The number of terminal acetylenes is 1. The van der Waals surface area contributed by atoms with E-state index in [1.54, 1.807) is 0 Å². The normalized spacial score (nSPS) is 9.42. The molecule has 0 aliphatic heterocycles. The van der Waals surface area contributed by atoms with Crippen molar-refractivity contribution >= 4 is 29.7 Å². The van der Waals surface area contributed by atoms with Crippen LogP contribution in [0.4, 0.5) is 4.79 Å². The molecule has 7 heteroatoms. The number of carboxylic acid groups (broad SMARTS) is 1. The van der Waals surface area contributed by atoms with Crippen LogP contribution in [0.1, 0.15) is 25.7 Å². The summed E-state index contributed by atoms with van der Waals surface area (Å²) in [6.45, 7) is 0.435.